The Morgan fingerprint density at radius 1 is 1.19 bits per heavy atom. The molecule has 1 fully saturated rings. The largest absolute Gasteiger partial charge is 0.330 e. The Morgan fingerprint density at radius 3 is 2.19 bits per heavy atom. The molecule has 1 aliphatic heterocycles. The fourth-order valence-electron chi connectivity index (χ4n) is 3.15. The van der Waals surface area contributed by atoms with Crippen molar-refractivity contribution in [1.82, 2.24) is 4.90 Å². The minimum atomic E-state index is 0. The van der Waals surface area contributed by atoms with E-state index in [0.29, 0.717) is 5.92 Å². The van der Waals surface area contributed by atoms with Crippen LogP contribution < -0.4 is 5.73 Å². The standard InChI is InChI=1S/C18H30N2.ClH/c1-13-8-16(18(3,4)5)9-14(2)17(13)12-20-7-6-15(10-19)11-20;/h8-9,15H,6-7,10-12,19H2,1-5H3;1H. The van der Waals surface area contributed by atoms with Crippen molar-refractivity contribution in [1.29, 1.82) is 0 Å². The molecule has 1 aliphatic rings. The first-order valence-corrected chi connectivity index (χ1v) is 7.84. The Bertz CT molecular complexity index is 454. The lowest BCUT2D eigenvalue weighted by Gasteiger charge is -2.24. The molecule has 3 heteroatoms. The van der Waals surface area contributed by atoms with Gasteiger partial charge < -0.3 is 5.73 Å². The van der Waals surface area contributed by atoms with Crippen molar-refractivity contribution in [3.8, 4) is 0 Å². The molecule has 1 heterocycles. The predicted octanol–water partition coefficient (Wildman–Crippen LogP) is 3.80. The van der Waals surface area contributed by atoms with E-state index in [9.17, 15) is 0 Å². The highest BCUT2D eigenvalue weighted by Gasteiger charge is 2.23. The van der Waals surface area contributed by atoms with Gasteiger partial charge in [0.2, 0.25) is 0 Å². The third-order valence-corrected chi connectivity index (χ3v) is 4.65. The van der Waals surface area contributed by atoms with E-state index in [1.165, 1.54) is 35.2 Å². The summed E-state index contributed by atoms with van der Waals surface area (Å²) in [7, 11) is 0. The van der Waals surface area contributed by atoms with Crippen LogP contribution in [0.25, 0.3) is 0 Å². The van der Waals surface area contributed by atoms with Gasteiger partial charge in [-0.25, -0.2) is 0 Å². The van der Waals surface area contributed by atoms with Crippen molar-refractivity contribution in [2.24, 2.45) is 11.7 Å². The Balaban J connectivity index is 0.00000220. The monoisotopic (exact) mass is 310 g/mol. The maximum atomic E-state index is 5.79. The molecule has 1 atom stereocenters. The van der Waals surface area contributed by atoms with Gasteiger partial charge in [-0.05, 0) is 66.9 Å². The van der Waals surface area contributed by atoms with Crippen LogP contribution in [0.1, 0.15) is 49.4 Å². The Labute approximate surface area is 136 Å². The second kappa shape index (κ2) is 7.13. The van der Waals surface area contributed by atoms with Crippen molar-refractivity contribution in [2.75, 3.05) is 19.6 Å². The summed E-state index contributed by atoms with van der Waals surface area (Å²) in [6, 6.07) is 4.75. The summed E-state index contributed by atoms with van der Waals surface area (Å²) in [5.41, 5.74) is 11.8. The summed E-state index contributed by atoms with van der Waals surface area (Å²) in [4.78, 5) is 2.56. The molecule has 2 nitrogen and oxygen atoms in total. The van der Waals surface area contributed by atoms with Crippen LogP contribution in [0.5, 0.6) is 0 Å². The first-order chi connectivity index (χ1) is 9.31. The highest BCUT2D eigenvalue weighted by atomic mass is 35.5. The molecule has 1 unspecified atom stereocenters. The molecular formula is C18H31ClN2. The number of halogens is 1. The molecule has 0 aromatic heterocycles. The zero-order valence-corrected chi connectivity index (χ0v) is 15.0. The van der Waals surface area contributed by atoms with Crippen LogP contribution in [0.15, 0.2) is 12.1 Å². The summed E-state index contributed by atoms with van der Waals surface area (Å²) in [6.07, 6.45) is 1.26. The molecular weight excluding hydrogens is 280 g/mol. The third-order valence-electron chi connectivity index (χ3n) is 4.65. The number of hydrogen-bond acceptors (Lipinski definition) is 2. The van der Waals surface area contributed by atoms with Gasteiger partial charge in [0.15, 0.2) is 0 Å². The third kappa shape index (κ3) is 4.45. The van der Waals surface area contributed by atoms with E-state index < -0.39 is 0 Å². The first-order valence-electron chi connectivity index (χ1n) is 7.84. The lowest BCUT2D eigenvalue weighted by molar-refractivity contribution is 0.316. The minimum absolute atomic E-state index is 0. The molecule has 0 spiro atoms. The summed E-state index contributed by atoms with van der Waals surface area (Å²) < 4.78 is 0. The minimum Gasteiger partial charge on any atom is -0.330 e. The van der Waals surface area contributed by atoms with E-state index >= 15 is 0 Å². The molecule has 0 radical (unpaired) electrons. The van der Waals surface area contributed by atoms with Crippen LogP contribution in [0.4, 0.5) is 0 Å². The fraction of sp³-hybridized carbons (Fsp3) is 0.667. The molecule has 0 amide bonds. The van der Waals surface area contributed by atoms with Gasteiger partial charge >= 0.3 is 0 Å². The number of rotatable bonds is 3. The predicted molar refractivity (Wildman–Crippen MR) is 94.3 cm³/mol. The van der Waals surface area contributed by atoms with Gasteiger partial charge in [0.25, 0.3) is 0 Å². The van der Waals surface area contributed by atoms with Crippen molar-refractivity contribution in [3.05, 3.63) is 34.4 Å². The van der Waals surface area contributed by atoms with Gasteiger partial charge in [0.05, 0.1) is 0 Å². The van der Waals surface area contributed by atoms with Gasteiger partial charge in [0, 0.05) is 13.1 Å². The summed E-state index contributed by atoms with van der Waals surface area (Å²) in [5, 5.41) is 0. The average molecular weight is 311 g/mol. The van der Waals surface area contributed by atoms with Gasteiger partial charge in [-0.15, -0.1) is 12.4 Å². The van der Waals surface area contributed by atoms with Crippen LogP contribution in [-0.2, 0) is 12.0 Å². The first kappa shape index (κ1) is 18.5. The normalized spacial score (nSPS) is 19.6. The number of nitrogens with two attached hydrogens (primary N) is 1. The Morgan fingerprint density at radius 2 is 1.76 bits per heavy atom. The zero-order valence-electron chi connectivity index (χ0n) is 14.2. The molecule has 2 N–H and O–H groups in total. The maximum Gasteiger partial charge on any atom is 0.0239 e. The lowest BCUT2D eigenvalue weighted by atomic mass is 9.84. The molecule has 1 aromatic carbocycles. The van der Waals surface area contributed by atoms with E-state index in [-0.39, 0.29) is 17.8 Å². The Kier molecular flexibility index (Phi) is 6.27. The van der Waals surface area contributed by atoms with Crippen LogP contribution in [0, 0.1) is 19.8 Å². The van der Waals surface area contributed by atoms with Crippen molar-refractivity contribution < 1.29 is 0 Å². The Hall–Kier alpha value is -0.570. The summed E-state index contributed by atoms with van der Waals surface area (Å²) in [5.74, 6) is 0.699. The molecule has 120 valence electrons. The van der Waals surface area contributed by atoms with Crippen LogP contribution >= 0.6 is 12.4 Å². The number of likely N-dealkylation sites (tertiary alicyclic amines) is 1. The van der Waals surface area contributed by atoms with E-state index in [0.717, 1.165) is 19.6 Å². The maximum absolute atomic E-state index is 5.79. The van der Waals surface area contributed by atoms with Gasteiger partial charge in [-0.2, -0.15) is 0 Å². The van der Waals surface area contributed by atoms with Gasteiger partial charge in [0.1, 0.15) is 0 Å². The number of nitrogens with zero attached hydrogens (tertiary/aromatic N) is 1. The SMILES string of the molecule is Cc1cc(C(C)(C)C)cc(C)c1CN1CCC(CN)C1.Cl. The zero-order chi connectivity index (χ0) is 14.9. The lowest BCUT2D eigenvalue weighted by Crippen LogP contribution is -2.24. The second-order valence-corrected chi connectivity index (χ2v) is 7.46. The molecule has 0 bridgehead atoms. The van der Waals surface area contributed by atoms with Crippen LogP contribution in [0.2, 0.25) is 0 Å². The van der Waals surface area contributed by atoms with Gasteiger partial charge in [-0.1, -0.05) is 32.9 Å². The smallest absolute Gasteiger partial charge is 0.0239 e. The van der Waals surface area contributed by atoms with E-state index in [1.54, 1.807) is 0 Å². The van der Waals surface area contributed by atoms with Crippen molar-refractivity contribution >= 4 is 12.4 Å². The quantitative estimate of drug-likeness (QED) is 0.920. The number of hydrogen-bond donors (Lipinski definition) is 1. The highest BCUT2D eigenvalue weighted by Crippen LogP contribution is 2.28. The summed E-state index contributed by atoms with van der Waals surface area (Å²) >= 11 is 0. The fourth-order valence-corrected chi connectivity index (χ4v) is 3.15. The van der Waals surface area contributed by atoms with E-state index in [2.05, 4.69) is 51.7 Å². The summed E-state index contributed by atoms with van der Waals surface area (Å²) in [6.45, 7) is 15.6. The molecule has 21 heavy (non-hydrogen) atoms. The van der Waals surface area contributed by atoms with Crippen LogP contribution in [-0.4, -0.2) is 24.5 Å². The molecule has 2 rings (SSSR count). The highest BCUT2D eigenvalue weighted by molar-refractivity contribution is 5.85. The van der Waals surface area contributed by atoms with Crippen molar-refractivity contribution in [2.45, 2.75) is 53.0 Å². The van der Waals surface area contributed by atoms with Crippen LogP contribution in [0.3, 0.4) is 0 Å². The molecule has 0 aliphatic carbocycles. The average Bonchev–Trinajstić information content (AvgIpc) is 2.80. The van der Waals surface area contributed by atoms with Crippen molar-refractivity contribution in [3.63, 3.8) is 0 Å². The second-order valence-electron chi connectivity index (χ2n) is 7.46. The topological polar surface area (TPSA) is 29.3 Å². The molecule has 1 saturated heterocycles. The number of aryl methyl sites for hydroxylation is 2. The van der Waals surface area contributed by atoms with E-state index in [1.807, 2.05) is 0 Å². The molecule has 0 saturated carbocycles. The number of benzene rings is 1. The molecule has 1 aromatic rings. The van der Waals surface area contributed by atoms with E-state index in [4.69, 9.17) is 5.73 Å². The van der Waals surface area contributed by atoms with Gasteiger partial charge in [-0.3, -0.25) is 4.90 Å².